The first-order chi connectivity index (χ1) is 11.7. The Kier molecular flexibility index (Phi) is 6.29. The lowest BCUT2D eigenvalue weighted by atomic mass is 10.3. The summed E-state index contributed by atoms with van der Waals surface area (Å²) in [6.07, 6.45) is 0. The van der Waals surface area contributed by atoms with E-state index in [0.717, 1.165) is 4.31 Å². The molecule has 0 aromatic heterocycles. The van der Waals surface area contributed by atoms with E-state index < -0.39 is 15.9 Å². The van der Waals surface area contributed by atoms with Crippen LogP contribution in [0.15, 0.2) is 47.4 Å². The lowest BCUT2D eigenvalue weighted by Crippen LogP contribution is -2.23. The number of halogens is 2. The molecule has 0 spiro atoms. The van der Waals surface area contributed by atoms with Crippen molar-refractivity contribution in [2.75, 3.05) is 26.0 Å². The highest BCUT2D eigenvalue weighted by Crippen LogP contribution is 2.26. The molecule has 0 saturated carbocycles. The summed E-state index contributed by atoms with van der Waals surface area (Å²) in [7, 11) is -0.794. The van der Waals surface area contributed by atoms with Gasteiger partial charge in [-0.15, -0.1) is 0 Å². The standard InChI is InChI=1S/C16H16Cl2N2O4S/c1-20(2)25(22,23)13-7-8-14(18)15(9-13)19-16(21)10-24-12-5-3-11(17)4-6-12/h3-9H,10H2,1-2H3,(H,19,21). The molecule has 0 radical (unpaired) electrons. The van der Waals surface area contributed by atoms with Crippen molar-refractivity contribution in [2.24, 2.45) is 0 Å². The molecule has 0 bridgehead atoms. The number of amides is 1. The maximum atomic E-state index is 12.2. The minimum absolute atomic E-state index is 0.0239. The summed E-state index contributed by atoms with van der Waals surface area (Å²) in [6.45, 7) is -0.261. The Balaban J connectivity index is 2.08. The van der Waals surface area contributed by atoms with Crippen LogP contribution in [0.5, 0.6) is 5.75 Å². The smallest absolute Gasteiger partial charge is 0.262 e. The second kappa shape index (κ2) is 8.05. The molecule has 0 aliphatic carbocycles. The molecule has 6 nitrogen and oxygen atoms in total. The molecule has 2 aromatic rings. The van der Waals surface area contributed by atoms with E-state index >= 15 is 0 Å². The number of rotatable bonds is 6. The van der Waals surface area contributed by atoms with E-state index in [9.17, 15) is 13.2 Å². The molecular weight excluding hydrogens is 387 g/mol. The maximum Gasteiger partial charge on any atom is 0.262 e. The monoisotopic (exact) mass is 402 g/mol. The number of sulfonamides is 1. The Labute approximate surface area is 156 Å². The number of benzene rings is 2. The van der Waals surface area contributed by atoms with E-state index in [-0.39, 0.29) is 22.2 Å². The summed E-state index contributed by atoms with van der Waals surface area (Å²) in [5.74, 6) is 0.00540. The van der Waals surface area contributed by atoms with E-state index in [1.807, 2.05) is 0 Å². The number of nitrogens with zero attached hydrogens (tertiary/aromatic N) is 1. The van der Waals surface area contributed by atoms with Crippen molar-refractivity contribution >= 4 is 44.8 Å². The molecule has 0 aliphatic rings. The number of anilines is 1. The average Bonchev–Trinajstić information content (AvgIpc) is 2.56. The van der Waals surface area contributed by atoms with Crippen LogP contribution in [0.3, 0.4) is 0 Å². The predicted octanol–water partition coefficient (Wildman–Crippen LogP) is 3.26. The average molecular weight is 403 g/mol. The van der Waals surface area contributed by atoms with E-state index in [4.69, 9.17) is 27.9 Å². The van der Waals surface area contributed by atoms with E-state index in [1.165, 1.54) is 32.3 Å². The molecule has 0 atom stereocenters. The van der Waals surface area contributed by atoms with Crippen molar-refractivity contribution < 1.29 is 17.9 Å². The summed E-state index contributed by atoms with van der Waals surface area (Å²) in [5, 5.41) is 3.32. The second-order valence-electron chi connectivity index (χ2n) is 5.22. The quantitative estimate of drug-likeness (QED) is 0.804. The zero-order valence-electron chi connectivity index (χ0n) is 13.5. The third kappa shape index (κ3) is 5.09. The van der Waals surface area contributed by atoms with Gasteiger partial charge in [-0.05, 0) is 42.5 Å². The van der Waals surface area contributed by atoms with Gasteiger partial charge in [0.15, 0.2) is 6.61 Å². The normalized spacial score (nSPS) is 11.4. The third-order valence-electron chi connectivity index (χ3n) is 3.17. The Morgan fingerprint density at radius 3 is 2.36 bits per heavy atom. The van der Waals surface area contributed by atoms with Crippen molar-refractivity contribution in [3.05, 3.63) is 52.5 Å². The molecule has 25 heavy (non-hydrogen) atoms. The highest BCUT2D eigenvalue weighted by molar-refractivity contribution is 7.89. The van der Waals surface area contributed by atoms with Crippen LogP contribution in [-0.4, -0.2) is 39.3 Å². The van der Waals surface area contributed by atoms with Crippen molar-refractivity contribution in [3.63, 3.8) is 0 Å². The fraction of sp³-hybridized carbons (Fsp3) is 0.188. The van der Waals surface area contributed by atoms with Crippen molar-refractivity contribution in [2.45, 2.75) is 4.90 Å². The highest BCUT2D eigenvalue weighted by atomic mass is 35.5. The van der Waals surface area contributed by atoms with Gasteiger partial charge < -0.3 is 10.1 Å². The number of hydrogen-bond acceptors (Lipinski definition) is 4. The minimum Gasteiger partial charge on any atom is -0.484 e. The molecule has 2 aromatic carbocycles. The SMILES string of the molecule is CN(C)S(=O)(=O)c1ccc(Cl)c(NC(=O)COc2ccc(Cl)cc2)c1. The van der Waals surface area contributed by atoms with E-state index in [1.54, 1.807) is 24.3 Å². The van der Waals surface area contributed by atoms with Crippen LogP contribution in [-0.2, 0) is 14.8 Å². The zero-order chi connectivity index (χ0) is 18.6. The summed E-state index contributed by atoms with van der Waals surface area (Å²) in [5.41, 5.74) is 0.189. The largest absolute Gasteiger partial charge is 0.484 e. The van der Waals surface area contributed by atoms with Crippen molar-refractivity contribution in [1.29, 1.82) is 0 Å². The van der Waals surface area contributed by atoms with Crippen LogP contribution in [0.25, 0.3) is 0 Å². The Morgan fingerprint density at radius 1 is 1.12 bits per heavy atom. The molecular formula is C16H16Cl2N2O4S. The first kappa shape index (κ1) is 19.5. The molecule has 1 N–H and O–H groups in total. The van der Waals surface area contributed by atoms with Crippen LogP contribution < -0.4 is 10.1 Å². The van der Waals surface area contributed by atoms with Gasteiger partial charge in [0.25, 0.3) is 5.91 Å². The van der Waals surface area contributed by atoms with Gasteiger partial charge in [0.2, 0.25) is 10.0 Å². The Morgan fingerprint density at radius 2 is 1.76 bits per heavy atom. The minimum atomic E-state index is -3.63. The molecule has 0 saturated heterocycles. The van der Waals surface area contributed by atoms with Crippen molar-refractivity contribution in [1.82, 2.24) is 4.31 Å². The first-order valence-corrected chi connectivity index (χ1v) is 9.30. The molecule has 9 heteroatoms. The fourth-order valence-corrected chi connectivity index (χ4v) is 3.06. The van der Waals surface area contributed by atoms with Crippen LogP contribution in [0, 0.1) is 0 Å². The number of carbonyl (C=O) groups excluding carboxylic acids is 1. The lowest BCUT2D eigenvalue weighted by molar-refractivity contribution is -0.118. The molecule has 0 aliphatic heterocycles. The number of ether oxygens (including phenoxy) is 1. The summed E-state index contributed by atoms with van der Waals surface area (Å²) >= 11 is 11.8. The molecule has 1 amide bonds. The summed E-state index contributed by atoms with van der Waals surface area (Å²) in [6, 6.07) is 10.6. The third-order valence-corrected chi connectivity index (χ3v) is 5.57. The molecule has 0 unspecified atom stereocenters. The van der Waals surface area contributed by atoms with Gasteiger partial charge in [0.05, 0.1) is 15.6 Å². The van der Waals surface area contributed by atoms with Crippen molar-refractivity contribution in [3.8, 4) is 5.75 Å². The number of hydrogen-bond donors (Lipinski definition) is 1. The zero-order valence-corrected chi connectivity index (χ0v) is 15.8. The molecule has 0 heterocycles. The first-order valence-electron chi connectivity index (χ1n) is 7.10. The Bertz CT molecular complexity index is 868. The van der Waals surface area contributed by atoms with Gasteiger partial charge in [0.1, 0.15) is 5.75 Å². The van der Waals surface area contributed by atoms with E-state index in [0.29, 0.717) is 10.8 Å². The Hall–Kier alpha value is -1.80. The van der Waals surface area contributed by atoms with Crippen LogP contribution in [0.2, 0.25) is 10.0 Å². The number of nitrogens with one attached hydrogen (secondary N) is 1. The van der Waals surface area contributed by atoms with Gasteiger partial charge in [-0.25, -0.2) is 12.7 Å². The molecule has 0 fully saturated rings. The van der Waals surface area contributed by atoms with E-state index in [2.05, 4.69) is 5.32 Å². The van der Waals surface area contributed by atoms with Gasteiger partial charge in [-0.2, -0.15) is 0 Å². The van der Waals surface area contributed by atoms with Crippen LogP contribution >= 0.6 is 23.2 Å². The second-order valence-corrected chi connectivity index (χ2v) is 8.22. The predicted molar refractivity (Wildman–Crippen MR) is 97.9 cm³/mol. The fourth-order valence-electron chi connectivity index (χ4n) is 1.84. The van der Waals surface area contributed by atoms with Gasteiger partial charge in [-0.1, -0.05) is 23.2 Å². The summed E-state index contributed by atoms with van der Waals surface area (Å²) < 4.78 is 30.7. The van der Waals surface area contributed by atoms with Gasteiger partial charge in [0, 0.05) is 19.1 Å². The number of carbonyl (C=O) groups is 1. The molecule has 134 valence electrons. The summed E-state index contributed by atoms with van der Waals surface area (Å²) in [4.78, 5) is 12.0. The lowest BCUT2D eigenvalue weighted by Gasteiger charge is -2.14. The molecule has 2 rings (SSSR count). The maximum absolute atomic E-state index is 12.2. The van der Waals surface area contributed by atoms with Crippen LogP contribution in [0.1, 0.15) is 0 Å². The topological polar surface area (TPSA) is 75.7 Å². The van der Waals surface area contributed by atoms with Crippen LogP contribution in [0.4, 0.5) is 5.69 Å². The highest BCUT2D eigenvalue weighted by Gasteiger charge is 2.19. The van der Waals surface area contributed by atoms with Gasteiger partial charge in [-0.3, -0.25) is 4.79 Å². The van der Waals surface area contributed by atoms with Gasteiger partial charge >= 0.3 is 0 Å².